The zero-order valence-electron chi connectivity index (χ0n) is 11.3. The Morgan fingerprint density at radius 1 is 1.26 bits per heavy atom. The van der Waals surface area contributed by atoms with E-state index in [1.54, 1.807) is 13.8 Å². The Hall–Kier alpha value is -1.49. The number of thioether (sulfide) groups is 1. The third-order valence-corrected chi connectivity index (χ3v) is 3.76. The third kappa shape index (κ3) is 4.59. The number of carbonyl (C=O) groups excluding carboxylic acids is 2. The highest BCUT2D eigenvalue weighted by atomic mass is 32.2. The van der Waals surface area contributed by atoms with Gasteiger partial charge in [0.15, 0.2) is 0 Å². The highest BCUT2D eigenvalue weighted by Crippen LogP contribution is 2.36. The van der Waals surface area contributed by atoms with E-state index in [9.17, 15) is 9.59 Å². The van der Waals surface area contributed by atoms with E-state index < -0.39 is 16.7 Å². The smallest absolute Gasteiger partial charge is 0.322 e. The molecule has 104 valence electrons. The lowest BCUT2D eigenvalue weighted by molar-refractivity contribution is -0.150. The van der Waals surface area contributed by atoms with E-state index in [-0.39, 0.29) is 6.42 Å². The molecule has 1 aromatic rings. The monoisotopic (exact) mass is 282 g/mol. The highest BCUT2D eigenvalue weighted by molar-refractivity contribution is 8.01. The fourth-order valence-corrected chi connectivity index (χ4v) is 2.77. The van der Waals surface area contributed by atoms with E-state index in [1.807, 2.05) is 30.3 Å². The molecule has 0 aliphatic heterocycles. The average Bonchev–Trinajstić information content (AvgIpc) is 2.38. The summed E-state index contributed by atoms with van der Waals surface area (Å²) in [5, 5.41) is 0. The third-order valence-electron chi connectivity index (χ3n) is 2.49. The maximum absolute atomic E-state index is 11.9. The molecule has 0 amide bonds. The Kier molecular flexibility index (Phi) is 5.89. The number of carbonyl (C=O) groups is 2. The molecule has 0 bridgehead atoms. The van der Waals surface area contributed by atoms with E-state index in [1.165, 1.54) is 18.9 Å². The van der Waals surface area contributed by atoms with Gasteiger partial charge in [-0.25, -0.2) is 0 Å². The zero-order chi connectivity index (χ0) is 14.3. The molecule has 1 atom stereocenters. The quantitative estimate of drug-likeness (QED) is 0.593. The van der Waals surface area contributed by atoms with Crippen molar-refractivity contribution < 1.29 is 19.1 Å². The second kappa shape index (κ2) is 7.19. The van der Waals surface area contributed by atoms with Gasteiger partial charge in [0.2, 0.25) is 0 Å². The van der Waals surface area contributed by atoms with Crippen LogP contribution in [0, 0.1) is 0 Å². The number of hydrogen-bond acceptors (Lipinski definition) is 5. The largest absolute Gasteiger partial charge is 0.468 e. The van der Waals surface area contributed by atoms with Gasteiger partial charge >= 0.3 is 11.9 Å². The molecule has 0 radical (unpaired) electrons. The van der Waals surface area contributed by atoms with Gasteiger partial charge in [0.25, 0.3) is 0 Å². The fourth-order valence-electron chi connectivity index (χ4n) is 1.60. The highest BCUT2D eigenvalue weighted by Gasteiger charge is 2.38. The first-order chi connectivity index (χ1) is 9.01. The molecule has 1 aromatic carbocycles. The first-order valence-electron chi connectivity index (χ1n) is 6.00. The van der Waals surface area contributed by atoms with Gasteiger partial charge in [0.05, 0.1) is 20.1 Å². The summed E-state index contributed by atoms with van der Waals surface area (Å²) in [7, 11) is 1.32. The number of hydrogen-bond donors (Lipinski definition) is 0. The molecule has 0 saturated carbocycles. The fraction of sp³-hybridized carbons (Fsp3) is 0.429. The normalized spacial score (nSPS) is 13.4. The van der Waals surface area contributed by atoms with Crippen molar-refractivity contribution in [2.75, 3.05) is 13.7 Å². The van der Waals surface area contributed by atoms with E-state index >= 15 is 0 Å². The minimum atomic E-state index is -0.984. The Morgan fingerprint density at radius 3 is 2.42 bits per heavy atom. The topological polar surface area (TPSA) is 52.6 Å². The van der Waals surface area contributed by atoms with Crippen LogP contribution in [0.5, 0.6) is 0 Å². The summed E-state index contributed by atoms with van der Waals surface area (Å²) >= 11 is 1.30. The first-order valence-corrected chi connectivity index (χ1v) is 6.81. The van der Waals surface area contributed by atoms with Gasteiger partial charge in [-0.1, -0.05) is 18.2 Å². The van der Waals surface area contributed by atoms with Crippen LogP contribution >= 0.6 is 11.8 Å². The predicted octanol–water partition coefficient (Wildman–Crippen LogP) is 2.66. The lowest BCUT2D eigenvalue weighted by Crippen LogP contribution is -2.36. The molecule has 1 unspecified atom stereocenters. The van der Waals surface area contributed by atoms with Crippen LogP contribution < -0.4 is 0 Å². The molecule has 1 rings (SSSR count). The Balaban J connectivity index is 2.87. The lowest BCUT2D eigenvalue weighted by atomic mass is 10.1. The summed E-state index contributed by atoms with van der Waals surface area (Å²) < 4.78 is 8.73. The maximum atomic E-state index is 11.9. The van der Waals surface area contributed by atoms with Gasteiger partial charge in [-0.3, -0.25) is 9.59 Å². The number of benzene rings is 1. The maximum Gasteiger partial charge on any atom is 0.322 e. The summed E-state index contributed by atoms with van der Waals surface area (Å²) in [6.07, 6.45) is -0.0208. The molecule has 0 spiro atoms. The van der Waals surface area contributed by atoms with Crippen molar-refractivity contribution in [2.45, 2.75) is 29.9 Å². The van der Waals surface area contributed by atoms with Crippen LogP contribution in [-0.2, 0) is 19.1 Å². The van der Waals surface area contributed by atoms with Crippen LogP contribution in [0.25, 0.3) is 0 Å². The van der Waals surface area contributed by atoms with Crippen LogP contribution in [0.3, 0.4) is 0 Å². The number of esters is 2. The summed E-state index contributed by atoms with van der Waals surface area (Å²) in [5.41, 5.74) is 0. The van der Waals surface area contributed by atoms with Crippen molar-refractivity contribution in [3.8, 4) is 0 Å². The molecular formula is C14H18O4S. The van der Waals surface area contributed by atoms with Crippen LogP contribution in [0.2, 0.25) is 0 Å². The number of methoxy groups -OCH3 is 1. The number of ether oxygens (including phenoxy) is 2. The van der Waals surface area contributed by atoms with Crippen LogP contribution in [-0.4, -0.2) is 30.4 Å². The van der Waals surface area contributed by atoms with Crippen molar-refractivity contribution in [1.82, 2.24) is 0 Å². The van der Waals surface area contributed by atoms with Crippen molar-refractivity contribution in [1.29, 1.82) is 0 Å². The minimum absolute atomic E-state index is 0.0208. The zero-order valence-corrected chi connectivity index (χ0v) is 12.2. The Labute approximate surface area is 117 Å². The average molecular weight is 282 g/mol. The van der Waals surface area contributed by atoms with Crippen molar-refractivity contribution in [3.63, 3.8) is 0 Å². The molecule has 0 aliphatic rings. The van der Waals surface area contributed by atoms with Crippen LogP contribution in [0.15, 0.2) is 35.2 Å². The van der Waals surface area contributed by atoms with Crippen molar-refractivity contribution in [2.24, 2.45) is 0 Å². The van der Waals surface area contributed by atoms with Crippen molar-refractivity contribution in [3.05, 3.63) is 30.3 Å². The molecule has 4 nitrogen and oxygen atoms in total. The molecule has 19 heavy (non-hydrogen) atoms. The molecule has 0 saturated heterocycles. The summed E-state index contributed by atoms with van der Waals surface area (Å²) in [6, 6.07) is 9.42. The van der Waals surface area contributed by atoms with Gasteiger partial charge < -0.3 is 9.47 Å². The number of rotatable bonds is 6. The molecule has 0 aliphatic carbocycles. The second-order valence-electron chi connectivity index (χ2n) is 4.12. The van der Waals surface area contributed by atoms with E-state index in [0.29, 0.717) is 6.61 Å². The van der Waals surface area contributed by atoms with E-state index in [4.69, 9.17) is 9.47 Å². The van der Waals surface area contributed by atoms with Gasteiger partial charge in [0, 0.05) is 4.90 Å². The molecule has 0 fully saturated rings. The van der Waals surface area contributed by atoms with Gasteiger partial charge in [-0.05, 0) is 26.0 Å². The minimum Gasteiger partial charge on any atom is -0.468 e. The Morgan fingerprint density at radius 2 is 1.89 bits per heavy atom. The summed E-state index contributed by atoms with van der Waals surface area (Å²) in [6.45, 7) is 3.72. The second-order valence-corrected chi connectivity index (χ2v) is 5.70. The standard InChI is InChI=1S/C14H18O4S/c1-4-18-12(15)10-14(2,13(16)17-3)19-11-8-6-5-7-9-11/h5-9H,4,10H2,1-3H3. The Bertz CT molecular complexity index is 432. The summed E-state index contributed by atoms with van der Waals surface area (Å²) in [4.78, 5) is 24.5. The van der Waals surface area contributed by atoms with E-state index in [0.717, 1.165) is 4.90 Å². The van der Waals surface area contributed by atoms with Gasteiger partial charge in [-0.15, -0.1) is 11.8 Å². The molecule has 0 aromatic heterocycles. The SMILES string of the molecule is CCOC(=O)CC(C)(Sc1ccccc1)C(=O)OC. The molecule has 0 N–H and O–H groups in total. The van der Waals surface area contributed by atoms with Gasteiger partial charge in [0.1, 0.15) is 4.75 Å². The van der Waals surface area contributed by atoms with Crippen LogP contribution in [0.1, 0.15) is 20.3 Å². The molecule has 0 heterocycles. The van der Waals surface area contributed by atoms with Crippen molar-refractivity contribution >= 4 is 23.7 Å². The molecule has 5 heteroatoms. The van der Waals surface area contributed by atoms with Gasteiger partial charge in [-0.2, -0.15) is 0 Å². The molecular weight excluding hydrogens is 264 g/mol. The first kappa shape index (κ1) is 15.6. The lowest BCUT2D eigenvalue weighted by Gasteiger charge is -2.24. The van der Waals surface area contributed by atoms with Crippen LogP contribution in [0.4, 0.5) is 0 Å². The summed E-state index contributed by atoms with van der Waals surface area (Å²) in [5.74, 6) is -0.840. The predicted molar refractivity (Wildman–Crippen MR) is 74.0 cm³/mol. The van der Waals surface area contributed by atoms with E-state index in [2.05, 4.69) is 0 Å².